The Morgan fingerprint density at radius 3 is 2.64 bits per heavy atom. The molecule has 1 aliphatic heterocycles. The third kappa shape index (κ3) is 7.14. The third-order valence-corrected chi connectivity index (χ3v) is 7.07. The van der Waals surface area contributed by atoms with Gasteiger partial charge in [0.1, 0.15) is 0 Å². The highest BCUT2D eigenvalue weighted by atomic mass is 127. The van der Waals surface area contributed by atoms with Gasteiger partial charge in [0.2, 0.25) is 10.0 Å². The van der Waals surface area contributed by atoms with E-state index in [1.165, 1.54) is 25.2 Å². The van der Waals surface area contributed by atoms with E-state index in [1.54, 1.807) is 0 Å². The van der Waals surface area contributed by atoms with Crippen molar-refractivity contribution in [2.24, 2.45) is 4.99 Å². The minimum absolute atomic E-state index is 0. The molecule has 28 heavy (non-hydrogen) atoms. The molecule has 1 unspecified atom stereocenters. The molecule has 0 radical (unpaired) electrons. The molecule has 0 amide bonds. The number of nitrogens with one attached hydrogen (secondary N) is 3. The Kier molecular flexibility index (Phi) is 9.03. The molecule has 2 rings (SSSR count). The molecule has 1 saturated heterocycles. The largest absolute Gasteiger partial charge is 0.355 e. The minimum atomic E-state index is -3.89. The second-order valence-electron chi connectivity index (χ2n) is 5.90. The third-order valence-electron chi connectivity index (χ3n) is 3.85. The Labute approximate surface area is 180 Å². The highest BCUT2D eigenvalue weighted by Gasteiger charge is 2.28. The topological polar surface area (TPSA) is 160 Å². The van der Waals surface area contributed by atoms with Gasteiger partial charge in [-0.25, -0.2) is 21.6 Å². The van der Waals surface area contributed by atoms with E-state index in [0.717, 1.165) is 6.07 Å². The van der Waals surface area contributed by atoms with Gasteiger partial charge in [0.15, 0.2) is 15.8 Å². The first-order valence-corrected chi connectivity index (χ1v) is 11.4. The number of nitro benzene ring substituents is 1. The summed E-state index contributed by atoms with van der Waals surface area (Å²) in [6, 6.07) is 4.52. The van der Waals surface area contributed by atoms with Gasteiger partial charge in [0.25, 0.3) is 5.69 Å². The molecule has 3 N–H and O–H groups in total. The summed E-state index contributed by atoms with van der Waals surface area (Å²) in [6.45, 7) is 0.196. The van der Waals surface area contributed by atoms with E-state index in [-0.39, 0.29) is 65.2 Å². The van der Waals surface area contributed by atoms with Crippen molar-refractivity contribution in [2.75, 3.05) is 31.6 Å². The molecule has 158 valence electrons. The maximum absolute atomic E-state index is 12.2. The van der Waals surface area contributed by atoms with Crippen LogP contribution in [0.2, 0.25) is 0 Å². The summed E-state index contributed by atoms with van der Waals surface area (Å²) in [5.41, 5.74) is -0.313. The summed E-state index contributed by atoms with van der Waals surface area (Å²) in [5.74, 6) is 0.532. The number of nitro groups is 1. The Morgan fingerprint density at radius 1 is 1.36 bits per heavy atom. The summed E-state index contributed by atoms with van der Waals surface area (Å²) in [6.07, 6.45) is 0.489. The number of halogens is 1. The number of hydrogen-bond acceptors (Lipinski definition) is 7. The van der Waals surface area contributed by atoms with Crippen molar-refractivity contribution in [3.05, 3.63) is 34.4 Å². The summed E-state index contributed by atoms with van der Waals surface area (Å²) in [4.78, 5) is 13.9. The first-order valence-electron chi connectivity index (χ1n) is 8.05. The average Bonchev–Trinajstić information content (AvgIpc) is 2.96. The van der Waals surface area contributed by atoms with Crippen molar-refractivity contribution in [3.8, 4) is 0 Å². The van der Waals surface area contributed by atoms with Gasteiger partial charge >= 0.3 is 0 Å². The zero-order valence-corrected chi connectivity index (χ0v) is 19.0. The van der Waals surface area contributed by atoms with Crippen LogP contribution < -0.4 is 15.4 Å². The zero-order valence-electron chi connectivity index (χ0n) is 15.0. The number of sulfone groups is 1. The molecular formula is C14H22IN5O6S2. The SMILES string of the molecule is CN=C(NCCNS(=O)(=O)c1cccc([N+](=O)[O-])c1)NC1CCS(=O)(=O)C1.I. The van der Waals surface area contributed by atoms with Crippen LogP contribution in [0.15, 0.2) is 34.2 Å². The molecular weight excluding hydrogens is 525 g/mol. The van der Waals surface area contributed by atoms with E-state index in [0.29, 0.717) is 12.4 Å². The van der Waals surface area contributed by atoms with Crippen LogP contribution >= 0.6 is 24.0 Å². The number of nitrogens with zero attached hydrogens (tertiary/aromatic N) is 2. The first-order chi connectivity index (χ1) is 12.6. The van der Waals surface area contributed by atoms with Crippen molar-refractivity contribution < 1.29 is 21.8 Å². The van der Waals surface area contributed by atoms with Crippen molar-refractivity contribution in [2.45, 2.75) is 17.4 Å². The van der Waals surface area contributed by atoms with Gasteiger partial charge in [-0.2, -0.15) is 0 Å². The second-order valence-corrected chi connectivity index (χ2v) is 9.89. The average molecular weight is 547 g/mol. The Hall–Kier alpha value is -1.52. The fraction of sp³-hybridized carbons (Fsp3) is 0.500. The summed E-state index contributed by atoms with van der Waals surface area (Å²) < 4.78 is 49.7. The number of rotatable bonds is 7. The van der Waals surface area contributed by atoms with E-state index in [1.807, 2.05) is 0 Å². The predicted octanol–water partition coefficient (Wildman–Crippen LogP) is -0.157. The van der Waals surface area contributed by atoms with Crippen LogP contribution in [0.5, 0.6) is 0 Å². The molecule has 1 atom stereocenters. The molecule has 14 heteroatoms. The van der Waals surface area contributed by atoms with Crippen molar-refractivity contribution in [1.82, 2.24) is 15.4 Å². The van der Waals surface area contributed by atoms with Crippen LogP contribution in [0, 0.1) is 10.1 Å². The monoisotopic (exact) mass is 547 g/mol. The molecule has 1 aliphatic rings. The molecule has 0 saturated carbocycles. The maximum Gasteiger partial charge on any atom is 0.270 e. The lowest BCUT2D eigenvalue weighted by molar-refractivity contribution is -0.385. The van der Waals surface area contributed by atoms with Gasteiger partial charge in [0, 0.05) is 38.3 Å². The van der Waals surface area contributed by atoms with Gasteiger partial charge in [0.05, 0.1) is 21.3 Å². The van der Waals surface area contributed by atoms with Gasteiger partial charge in [-0.3, -0.25) is 15.1 Å². The highest BCUT2D eigenvalue weighted by molar-refractivity contribution is 14.0. The standard InChI is InChI=1S/C14H21N5O6S2.HI/c1-15-14(18-11-5-8-26(22,23)10-11)16-6-7-17-27(24,25)13-4-2-3-12(9-13)19(20)21;/h2-4,9,11,17H,5-8,10H2,1H3,(H2,15,16,18);1H. The van der Waals surface area contributed by atoms with Gasteiger partial charge in [-0.1, -0.05) is 6.07 Å². The van der Waals surface area contributed by atoms with E-state index >= 15 is 0 Å². The zero-order chi connectivity index (χ0) is 20.1. The lowest BCUT2D eigenvalue weighted by atomic mass is 10.3. The van der Waals surface area contributed by atoms with Crippen LogP contribution in [-0.2, 0) is 19.9 Å². The molecule has 1 aromatic rings. The molecule has 1 aromatic carbocycles. The molecule has 11 nitrogen and oxygen atoms in total. The molecule has 0 spiro atoms. The molecule has 0 aromatic heterocycles. The van der Waals surface area contributed by atoms with E-state index < -0.39 is 24.8 Å². The number of guanidine groups is 1. The number of non-ortho nitro benzene ring substituents is 1. The maximum atomic E-state index is 12.2. The number of hydrogen-bond donors (Lipinski definition) is 3. The van der Waals surface area contributed by atoms with Crippen molar-refractivity contribution in [1.29, 1.82) is 0 Å². The predicted molar refractivity (Wildman–Crippen MR) is 115 cm³/mol. The Morgan fingerprint density at radius 2 is 2.07 bits per heavy atom. The quantitative estimate of drug-likeness (QED) is 0.106. The van der Waals surface area contributed by atoms with Crippen LogP contribution in [0.25, 0.3) is 0 Å². The van der Waals surface area contributed by atoms with Gasteiger partial charge in [-0.15, -0.1) is 24.0 Å². The van der Waals surface area contributed by atoms with E-state index in [9.17, 15) is 26.9 Å². The lowest BCUT2D eigenvalue weighted by Gasteiger charge is -2.16. The summed E-state index contributed by atoms with van der Waals surface area (Å²) in [5, 5.41) is 16.6. The van der Waals surface area contributed by atoms with Crippen molar-refractivity contribution >= 4 is 55.5 Å². The van der Waals surface area contributed by atoms with Crippen LogP contribution in [0.4, 0.5) is 5.69 Å². The number of aliphatic imine (C=N–C) groups is 1. The first kappa shape index (κ1) is 24.5. The second kappa shape index (κ2) is 10.3. The molecule has 1 fully saturated rings. The van der Waals surface area contributed by atoms with Gasteiger partial charge in [-0.05, 0) is 12.5 Å². The number of sulfonamides is 1. The summed E-state index contributed by atoms with van der Waals surface area (Å²) >= 11 is 0. The van der Waals surface area contributed by atoms with Crippen LogP contribution in [0.3, 0.4) is 0 Å². The lowest BCUT2D eigenvalue weighted by Crippen LogP contribution is -2.46. The van der Waals surface area contributed by atoms with E-state index in [4.69, 9.17) is 0 Å². The Bertz CT molecular complexity index is 935. The Balaban J connectivity index is 0.00000392. The molecule has 0 aliphatic carbocycles. The fourth-order valence-electron chi connectivity index (χ4n) is 2.51. The molecule has 0 bridgehead atoms. The van der Waals surface area contributed by atoms with Crippen LogP contribution in [-0.4, -0.2) is 65.4 Å². The summed E-state index contributed by atoms with van der Waals surface area (Å²) in [7, 11) is -5.39. The minimum Gasteiger partial charge on any atom is -0.355 e. The highest BCUT2D eigenvalue weighted by Crippen LogP contribution is 2.16. The number of benzene rings is 1. The van der Waals surface area contributed by atoms with Crippen molar-refractivity contribution in [3.63, 3.8) is 0 Å². The van der Waals surface area contributed by atoms with Gasteiger partial charge < -0.3 is 10.6 Å². The smallest absolute Gasteiger partial charge is 0.270 e. The van der Waals surface area contributed by atoms with Crippen LogP contribution in [0.1, 0.15) is 6.42 Å². The molecule has 1 heterocycles. The fourth-order valence-corrected chi connectivity index (χ4v) is 5.26. The normalized spacial score (nSPS) is 18.9. The van der Waals surface area contributed by atoms with E-state index in [2.05, 4.69) is 20.3 Å².